The molecule has 0 radical (unpaired) electrons. The Labute approximate surface area is 196 Å². The summed E-state index contributed by atoms with van der Waals surface area (Å²) in [5.41, 5.74) is 1.25. The van der Waals surface area contributed by atoms with Gasteiger partial charge in [0.1, 0.15) is 17.0 Å². The number of aromatic nitrogens is 3. The molecule has 3 heterocycles. The molecule has 2 aliphatic rings. The van der Waals surface area contributed by atoms with Crippen molar-refractivity contribution in [3.05, 3.63) is 47.4 Å². The van der Waals surface area contributed by atoms with Crippen LogP contribution in [0.25, 0.3) is 5.65 Å². The number of halogens is 4. The molecule has 1 aliphatic heterocycles. The lowest BCUT2D eigenvalue weighted by atomic mass is 9.60. The van der Waals surface area contributed by atoms with Gasteiger partial charge in [0.25, 0.3) is 5.91 Å². The monoisotopic (exact) mass is 496 g/mol. The molecule has 1 spiro atoms. The molecule has 2 aromatic heterocycles. The van der Waals surface area contributed by atoms with Crippen molar-refractivity contribution in [2.24, 2.45) is 12.5 Å². The lowest BCUT2D eigenvalue weighted by molar-refractivity contribution is -0.274. The summed E-state index contributed by atoms with van der Waals surface area (Å²) < 4.78 is 44.6. The number of aryl methyl sites for hydroxylation is 1. The van der Waals surface area contributed by atoms with Crippen molar-refractivity contribution in [1.82, 2.24) is 24.4 Å². The van der Waals surface area contributed by atoms with Crippen LogP contribution in [0.5, 0.6) is 5.75 Å². The van der Waals surface area contributed by atoms with E-state index < -0.39 is 18.1 Å². The van der Waals surface area contributed by atoms with Crippen LogP contribution in [0.1, 0.15) is 23.2 Å². The maximum absolute atomic E-state index is 12.9. The SMILES string of the molecule is Cn1ccn2ncc(C(=O)N3CC4(CC(NC(=O)Nc5cc(OC(F)(F)F)ccc5Cl)C4)C3)c12. The molecular weight excluding hydrogens is 477 g/mol. The molecule has 0 atom stereocenters. The molecule has 2 fully saturated rings. The number of benzene rings is 1. The van der Waals surface area contributed by atoms with Gasteiger partial charge >= 0.3 is 12.4 Å². The van der Waals surface area contributed by atoms with Crippen LogP contribution in [0.2, 0.25) is 5.02 Å². The van der Waals surface area contributed by atoms with Crippen molar-refractivity contribution in [2.75, 3.05) is 18.4 Å². The van der Waals surface area contributed by atoms with Gasteiger partial charge < -0.3 is 24.8 Å². The van der Waals surface area contributed by atoms with Crippen LogP contribution in [-0.4, -0.2) is 56.5 Å². The number of carbonyl (C=O) groups excluding carboxylic acids is 2. The number of likely N-dealkylation sites (tertiary alicyclic amines) is 1. The molecule has 3 amide bonds. The Morgan fingerprint density at radius 3 is 2.68 bits per heavy atom. The first-order valence-electron chi connectivity index (χ1n) is 10.4. The molecule has 13 heteroatoms. The minimum Gasteiger partial charge on any atom is -0.406 e. The van der Waals surface area contributed by atoms with Gasteiger partial charge in [0.2, 0.25) is 0 Å². The third-order valence-electron chi connectivity index (χ3n) is 6.22. The molecule has 0 unspecified atom stereocenters. The molecule has 1 aliphatic carbocycles. The van der Waals surface area contributed by atoms with E-state index in [-0.39, 0.29) is 28.1 Å². The number of nitrogens with zero attached hydrogens (tertiary/aromatic N) is 4. The van der Waals surface area contributed by atoms with Gasteiger partial charge in [-0.2, -0.15) is 5.10 Å². The molecular formula is C21H20ClF3N6O3. The summed E-state index contributed by atoms with van der Waals surface area (Å²) in [5.74, 6) is -0.563. The number of hydrogen-bond donors (Lipinski definition) is 2. The number of anilines is 1. The molecule has 34 heavy (non-hydrogen) atoms. The number of carbonyl (C=O) groups is 2. The van der Waals surface area contributed by atoms with Gasteiger partial charge in [-0.25, -0.2) is 9.31 Å². The van der Waals surface area contributed by atoms with Gasteiger partial charge in [-0.15, -0.1) is 13.2 Å². The number of fused-ring (bicyclic) bond motifs is 1. The van der Waals surface area contributed by atoms with Crippen molar-refractivity contribution in [1.29, 1.82) is 0 Å². The standard InChI is InChI=1S/C21H20ClF3N6O3/c1-29-4-5-31-17(29)14(9-26-31)18(32)30-10-20(11-30)7-12(8-20)27-19(33)28-16-6-13(2-3-15(16)22)34-21(23,24)25/h2-6,9,12H,7-8,10-11H2,1H3,(H2,27,28,33). The summed E-state index contributed by atoms with van der Waals surface area (Å²) in [7, 11) is 1.85. The predicted molar refractivity (Wildman–Crippen MR) is 116 cm³/mol. The van der Waals surface area contributed by atoms with E-state index >= 15 is 0 Å². The van der Waals surface area contributed by atoms with Crippen LogP contribution in [0.3, 0.4) is 0 Å². The average molecular weight is 497 g/mol. The molecule has 9 nitrogen and oxygen atoms in total. The van der Waals surface area contributed by atoms with Crippen LogP contribution in [0.15, 0.2) is 36.8 Å². The van der Waals surface area contributed by atoms with Crippen LogP contribution in [0, 0.1) is 5.41 Å². The molecule has 1 aromatic carbocycles. The van der Waals surface area contributed by atoms with E-state index in [1.54, 1.807) is 21.8 Å². The van der Waals surface area contributed by atoms with Crippen LogP contribution >= 0.6 is 11.6 Å². The number of rotatable bonds is 4. The number of nitrogens with one attached hydrogen (secondary N) is 2. The highest BCUT2D eigenvalue weighted by Gasteiger charge is 2.54. The van der Waals surface area contributed by atoms with E-state index in [9.17, 15) is 22.8 Å². The Morgan fingerprint density at radius 2 is 1.97 bits per heavy atom. The Bertz CT molecular complexity index is 1270. The Balaban J connectivity index is 1.12. The fourth-order valence-electron chi connectivity index (χ4n) is 4.77. The minimum absolute atomic E-state index is 0.00327. The van der Waals surface area contributed by atoms with E-state index in [2.05, 4.69) is 20.5 Å². The van der Waals surface area contributed by atoms with Crippen molar-refractivity contribution in [3.8, 4) is 5.75 Å². The average Bonchev–Trinajstić information content (AvgIpc) is 3.27. The van der Waals surface area contributed by atoms with Gasteiger partial charge in [0.15, 0.2) is 0 Å². The van der Waals surface area contributed by atoms with Gasteiger partial charge in [-0.3, -0.25) is 4.79 Å². The van der Waals surface area contributed by atoms with Gasteiger partial charge in [-0.05, 0) is 25.0 Å². The summed E-state index contributed by atoms with van der Waals surface area (Å²) in [6.07, 6.45) is 1.72. The van der Waals surface area contributed by atoms with Gasteiger partial charge in [-0.1, -0.05) is 11.6 Å². The van der Waals surface area contributed by atoms with Crippen LogP contribution in [0.4, 0.5) is 23.7 Å². The molecule has 1 saturated heterocycles. The zero-order chi connectivity index (χ0) is 24.3. The van der Waals surface area contributed by atoms with E-state index in [0.29, 0.717) is 31.5 Å². The molecule has 5 rings (SSSR count). The van der Waals surface area contributed by atoms with E-state index in [4.69, 9.17) is 11.6 Å². The number of imidazole rings is 1. The summed E-state index contributed by atoms with van der Waals surface area (Å²) in [5, 5.41) is 9.53. The number of ether oxygens (including phenoxy) is 1. The summed E-state index contributed by atoms with van der Waals surface area (Å²) in [4.78, 5) is 27.0. The first-order valence-corrected chi connectivity index (χ1v) is 10.8. The van der Waals surface area contributed by atoms with E-state index in [1.807, 2.05) is 17.8 Å². The zero-order valence-electron chi connectivity index (χ0n) is 17.9. The number of alkyl halides is 3. The minimum atomic E-state index is -4.85. The fourth-order valence-corrected chi connectivity index (χ4v) is 4.93. The Kier molecular flexibility index (Phi) is 5.15. The van der Waals surface area contributed by atoms with Gasteiger partial charge in [0, 0.05) is 50.1 Å². The quantitative estimate of drug-likeness (QED) is 0.576. The normalized spacial score (nSPS) is 17.4. The second kappa shape index (κ2) is 7.83. The number of hydrogen-bond acceptors (Lipinski definition) is 4. The topological polar surface area (TPSA) is 92.9 Å². The molecule has 0 bridgehead atoms. The lowest BCUT2D eigenvalue weighted by Gasteiger charge is -2.58. The van der Waals surface area contributed by atoms with Crippen LogP contribution < -0.4 is 15.4 Å². The van der Waals surface area contributed by atoms with Crippen molar-refractivity contribution < 1.29 is 27.5 Å². The number of amides is 3. The second-order valence-electron chi connectivity index (χ2n) is 8.79. The maximum Gasteiger partial charge on any atom is 0.573 e. The summed E-state index contributed by atoms with van der Waals surface area (Å²) in [6.45, 7) is 1.19. The van der Waals surface area contributed by atoms with E-state index in [0.717, 1.165) is 17.8 Å². The largest absolute Gasteiger partial charge is 0.573 e. The third kappa shape index (κ3) is 4.13. The summed E-state index contributed by atoms with van der Waals surface area (Å²) in [6, 6.07) is 2.59. The molecule has 1 saturated carbocycles. The number of urea groups is 1. The first-order chi connectivity index (χ1) is 16.0. The van der Waals surface area contributed by atoms with Crippen molar-refractivity contribution in [3.63, 3.8) is 0 Å². The highest BCUT2D eigenvalue weighted by atomic mass is 35.5. The smallest absolute Gasteiger partial charge is 0.406 e. The fraction of sp³-hybridized carbons (Fsp3) is 0.381. The van der Waals surface area contributed by atoms with Crippen molar-refractivity contribution >= 4 is 34.9 Å². The zero-order valence-corrected chi connectivity index (χ0v) is 18.7. The lowest BCUT2D eigenvalue weighted by Crippen LogP contribution is -2.67. The maximum atomic E-state index is 12.9. The van der Waals surface area contributed by atoms with Crippen LogP contribution in [-0.2, 0) is 7.05 Å². The Morgan fingerprint density at radius 1 is 1.24 bits per heavy atom. The van der Waals surface area contributed by atoms with Gasteiger partial charge in [0.05, 0.1) is 16.9 Å². The second-order valence-corrected chi connectivity index (χ2v) is 9.20. The third-order valence-corrected chi connectivity index (χ3v) is 6.55. The summed E-state index contributed by atoms with van der Waals surface area (Å²) >= 11 is 5.98. The molecule has 3 aromatic rings. The molecule has 2 N–H and O–H groups in total. The highest BCUT2D eigenvalue weighted by Crippen LogP contribution is 2.48. The molecule has 180 valence electrons. The first kappa shape index (κ1) is 22.4. The van der Waals surface area contributed by atoms with Crippen molar-refractivity contribution in [2.45, 2.75) is 25.2 Å². The van der Waals surface area contributed by atoms with E-state index in [1.165, 1.54) is 6.07 Å². The predicted octanol–water partition coefficient (Wildman–Crippen LogP) is 3.65. The highest BCUT2D eigenvalue weighted by molar-refractivity contribution is 6.33. The Hall–Kier alpha value is -3.41.